The predicted octanol–water partition coefficient (Wildman–Crippen LogP) is 3.18. The van der Waals surface area contributed by atoms with Crippen molar-refractivity contribution in [3.05, 3.63) is 28.8 Å². The fourth-order valence-electron chi connectivity index (χ4n) is 2.83. The Morgan fingerprint density at radius 3 is 2.58 bits per heavy atom. The molecule has 1 aromatic rings. The molecule has 134 valence electrons. The molecule has 0 aliphatic heterocycles. The molecule has 1 saturated carbocycles. The summed E-state index contributed by atoms with van der Waals surface area (Å²) in [6.45, 7) is 2.13. The molecule has 24 heavy (non-hydrogen) atoms. The minimum absolute atomic E-state index is 0. The monoisotopic (exact) mass is 373 g/mol. The average Bonchev–Trinajstić information content (AvgIpc) is 2.52. The molecule has 0 spiro atoms. The molecule has 0 atom stereocenters. The second-order valence-electron chi connectivity index (χ2n) is 6.18. The number of nitrogens with one attached hydrogen (secondary N) is 2. The highest BCUT2D eigenvalue weighted by Gasteiger charge is 2.34. The van der Waals surface area contributed by atoms with Gasteiger partial charge in [-0.1, -0.05) is 36.9 Å². The first kappa shape index (κ1) is 20.7. The van der Waals surface area contributed by atoms with Crippen molar-refractivity contribution in [3.8, 4) is 0 Å². The number of carbonyl (C=O) groups is 2. The molecule has 2 rings (SSSR count). The molecule has 7 heteroatoms. The van der Waals surface area contributed by atoms with Crippen LogP contribution in [0.2, 0.25) is 5.02 Å². The van der Waals surface area contributed by atoms with Gasteiger partial charge in [-0.3, -0.25) is 9.59 Å². The lowest BCUT2D eigenvalue weighted by Crippen LogP contribution is -2.55. The SMILES string of the molecule is Cc1c(Cl)cccc1NC(=O)CCNC(=O)C1(N)CCCCC1.Cl. The number of nitrogens with two attached hydrogens (primary N) is 1. The third-order valence-electron chi connectivity index (χ3n) is 4.38. The third-order valence-corrected chi connectivity index (χ3v) is 4.79. The van der Waals surface area contributed by atoms with E-state index < -0.39 is 5.54 Å². The topological polar surface area (TPSA) is 84.2 Å². The molecule has 0 aromatic heterocycles. The fraction of sp³-hybridized carbons (Fsp3) is 0.529. The van der Waals surface area contributed by atoms with E-state index in [1.807, 2.05) is 6.92 Å². The van der Waals surface area contributed by atoms with Crippen LogP contribution >= 0.6 is 24.0 Å². The van der Waals surface area contributed by atoms with Gasteiger partial charge in [-0.05, 0) is 37.5 Å². The molecule has 0 radical (unpaired) electrons. The maximum Gasteiger partial charge on any atom is 0.240 e. The number of benzene rings is 1. The van der Waals surface area contributed by atoms with Crippen LogP contribution in [0.5, 0.6) is 0 Å². The largest absolute Gasteiger partial charge is 0.354 e. The molecule has 1 aromatic carbocycles. The van der Waals surface area contributed by atoms with Gasteiger partial charge in [0.1, 0.15) is 0 Å². The number of anilines is 1. The summed E-state index contributed by atoms with van der Waals surface area (Å²) in [6.07, 6.45) is 4.73. The molecule has 0 bridgehead atoms. The molecule has 5 nitrogen and oxygen atoms in total. The van der Waals surface area contributed by atoms with E-state index >= 15 is 0 Å². The summed E-state index contributed by atoms with van der Waals surface area (Å²) in [6, 6.07) is 5.36. The molecule has 0 saturated heterocycles. The van der Waals surface area contributed by atoms with E-state index in [1.165, 1.54) is 0 Å². The molecule has 2 amide bonds. The van der Waals surface area contributed by atoms with Gasteiger partial charge >= 0.3 is 0 Å². The number of amides is 2. The molecule has 1 aliphatic carbocycles. The van der Waals surface area contributed by atoms with Crippen molar-refractivity contribution in [1.82, 2.24) is 5.32 Å². The highest BCUT2D eigenvalue weighted by Crippen LogP contribution is 2.26. The van der Waals surface area contributed by atoms with Crippen molar-refractivity contribution in [2.45, 2.75) is 51.0 Å². The van der Waals surface area contributed by atoms with Crippen molar-refractivity contribution < 1.29 is 9.59 Å². The Bertz CT molecular complexity index is 587. The molecule has 0 unspecified atom stereocenters. The predicted molar refractivity (Wildman–Crippen MR) is 99.7 cm³/mol. The number of hydrogen-bond acceptors (Lipinski definition) is 3. The maximum absolute atomic E-state index is 12.2. The Hall–Kier alpha value is -1.30. The molecule has 1 fully saturated rings. The van der Waals surface area contributed by atoms with E-state index in [-0.39, 0.29) is 37.2 Å². The molecule has 1 aliphatic rings. The Balaban J connectivity index is 0.00000288. The minimum Gasteiger partial charge on any atom is -0.354 e. The van der Waals surface area contributed by atoms with Crippen LogP contribution in [0.15, 0.2) is 18.2 Å². The maximum atomic E-state index is 12.2. The van der Waals surface area contributed by atoms with Crippen LogP contribution in [0.3, 0.4) is 0 Å². The van der Waals surface area contributed by atoms with Crippen LogP contribution < -0.4 is 16.4 Å². The van der Waals surface area contributed by atoms with Crippen LogP contribution in [0.1, 0.15) is 44.1 Å². The first-order valence-electron chi connectivity index (χ1n) is 8.04. The van der Waals surface area contributed by atoms with Gasteiger partial charge in [-0.15, -0.1) is 12.4 Å². The summed E-state index contributed by atoms with van der Waals surface area (Å²) in [7, 11) is 0. The van der Waals surface area contributed by atoms with Gasteiger partial charge in [0.25, 0.3) is 0 Å². The lowest BCUT2D eigenvalue weighted by Gasteiger charge is -2.31. The van der Waals surface area contributed by atoms with Gasteiger partial charge in [-0.2, -0.15) is 0 Å². The Labute approximate surface area is 154 Å². The van der Waals surface area contributed by atoms with Crippen LogP contribution in [0.4, 0.5) is 5.69 Å². The lowest BCUT2D eigenvalue weighted by atomic mass is 9.82. The van der Waals surface area contributed by atoms with Crippen LogP contribution in [-0.4, -0.2) is 23.9 Å². The molecular weight excluding hydrogens is 349 g/mol. The number of carbonyl (C=O) groups excluding carboxylic acids is 2. The van der Waals surface area contributed by atoms with E-state index in [4.69, 9.17) is 17.3 Å². The van der Waals surface area contributed by atoms with Crippen molar-refractivity contribution >= 4 is 41.5 Å². The number of halogens is 2. The summed E-state index contributed by atoms with van der Waals surface area (Å²) in [5.74, 6) is -0.311. The van der Waals surface area contributed by atoms with Crippen molar-refractivity contribution in [2.24, 2.45) is 5.73 Å². The van der Waals surface area contributed by atoms with Crippen LogP contribution in [0.25, 0.3) is 0 Å². The van der Waals surface area contributed by atoms with Gasteiger partial charge in [0, 0.05) is 23.7 Å². The quantitative estimate of drug-likeness (QED) is 0.740. The smallest absolute Gasteiger partial charge is 0.240 e. The first-order valence-corrected chi connectivity index (χ1v) is 8.42. The standard InChI is InChI=1S/C17H24ClN3O2.ClH/c1-12-13(18)6-5-7-14(12)21-15(22)8-11-20-16(23)17(19)9-3-2-4-10-17;/h5-7H,2-4,8-11,19H2,1H3,(H,20,23)(H,21,22);1H. The summed E-state index contributed by atoms with van der Waals surface area (Å²) in [5.41, 5.74) is 6.91. The second-order valence-corrected chi connectivity index (χ2v) is 6.59. The Morgan fingerprint density at radius 2 is 1.92 bits per heavy atom. The zero-order valence-electron chi connectivity index (χ0n) is 13.9. The number of rotatable bonds is 5. The van der Waals surface area contributed by atoms with Gasteiger partial charge < -0.3 is 16.4 Å². The Kier molecular flexibility index (Phi) is 8.00. The van der Waals surface area contributed by atoms with Gasteiger partial charge in [0.2, 0.25) is 11.8 Å². The van der Waals surface area contributed by atoms with Crippen LogP contribution in [-0.2, 0) is 9.59 Å². The van der Waals surface area contributed by atoms with Gasteiger partial charge in [0.15, 0.2) is 0 Å². The van der Waals surface area contributed by atoms with Crippen molar-refractivity contribution in [3.63, 3.8) is 0 Å². The molecule has 4 N–H and O–H groups in total. The van der Waals surface area contributed by atoms with E-state index in [2.05, 4.69) is 10.6 Å². The summed E-state index contributed by atoms with van der Waals surface area (Å²) < 4.78 is 0. The Morgan fingerprint density at radius 1 is 1.25 bits per heavy atom. The normalized spacial score (nSPS) is 16.0. The van der Waals surface area contributed by atoms with Crippen molar-refractivity contribution in [2.75, 3.05) is 11.9 Å². The zero-order chi connectivity index (χ0) is 16.9. The second kappa shape index (κ2) is 9.25. The highest BCUT2D eigenvalue weighted by molar-refractivity contribution is 6.31. The zero-order valence-corrected chi connectivity index (χ0v) is 15.4. The molecule has 0 heterocycles. The average molecular weight is 374 g/mol. The van der Waals surface area contributed by atoms with Gasteiger partial charge in [-0.25, -0.2) is 0 Å². The fourth-order valence-corrected chi connectivity index (χ4v) is 3.01. The third kappa shape index (κ3) is 5.36. The van der Waals surface area contributed by atoms with Crippen LogP contribution in [0, 0.1) is 6.92 Å². The first-order chi connectivity index (χ1) is 10.9. The summed E-state index contributed by atoms with van der Waals surface area (Å²) in [4.78, 5) is 24.2. The lowest BCUT2D eigenvalue weighted by molar-refractivity contribution is -0.127. The summed E-state index contributed by atoms with van der Waals surface area (Å²) in [5, 5.41) is 6.20. The highest BCUT2D eigenvalue weighted by atomic mass is 35.5. The number of hydrogen-bond donors (Lipinski definition) is 3. The van der Waals surface area contributed by atoms with E-state index in [0.717, 1.165) is 24.8 Å². The van der Waals surface area contributed by atoms with E-state index in [0.29, 0.717) is 23.6 Å². The van der Waals surface area contributed by atoms with E-state index in [1.54, 1.807) is 18.2 Å². The molecular formula is C17H25Cl2N3O2. The van der Waals surface area contributed by atoms with Crippen molar-refractivity contribution in [1.29, 1.82) is 0 Å². The summed E-state index contributed by atoms with van der Waals surface area (Å²) >= 11 is 6.02. The minimum atomic E-state index is -0.766. The van der Waals surface area contributed by atoms with Gasteiger partial charge in [0.05, 0.1) is 5.54 Å². The van der Waals surface area contributed by atoms with E-state index in [9.17, 15) is 9.59 Å².